The maximum atomic E-state index is 9.59. The average Bonchev–Trinajstić information content (AvgIpc) is 3.22. The van der Waals surface area contributed by atoms with Gasteiger partial charge in [-0.15, -0.1) is 11.3 Å². The van der Waals surface area contributed by atoms with Crippen molar-refractivity contribution in [1.29, 1.82) is 0 Å². The highest BCUT2D eigenvalue weighted by Gasteiger charge is 2.24. The first-order valence-corrected chi connectivity index (χ1v) is 12.7. The van der Waals surface area contributed by atoms with Crippen molar-refractivity contribution in [3.05, 3.63) is 41.3 Å². The lowest BCUT2D eigenvalue weighted by atomic mass is 9.98. The summed E-state index contributed by atoms with van der Waals surface area (Å²) in [6.45, 7) is 12.3. The van der Waals surface area contributed by atoms with Crippen molar-refractivity contribution >= 4 is 23.3 Å². The van der Waals surface area contributed by atoms with E-state index < -0.39 is 0 Å². The molecule has 30 heavy (non-hydrogen) atoms. The van der Waals surface area contributed by atoms with Crippen molar-refractivity contribution in [2.45, 2.75) is 56.0 Å². The third kappa shape index (κ3) is 8.83. The molecule has 0 spiro atoms. The van der Waals surface area contributed by atoms with Gasteiger partial charge in [-0.2, -0.15) is 0 Å². The van der Waals surface area contributed by atoms with Crippen molar-refractivity contribution < 1.29 is 9.84 Å². The first-order chi connectivity index (χ1) is 14.6. The number of thiophene rings is 1. The molecule has 0 saturated carbocycles. The molecule has 170 valence electrons. The van der Waals surface area contributed by atoms with Gasteiger partial charge in [0.1, 0.15) is 0 Å². The van der Waals surface area contributed by atoms with E-state index in [2.05, 4.69) is 64.1 Å². The third-order valence-electron chi connectivity index (χ3n) is 5.09. The molecule has 3 aliphatic rings. The predicted octanol–water partition coefficient (Wildman–Crippen LogP) is 4.03. The summed E-state index contributed by atoms with van der Waals surface area (Å²) in [5, 5.41) is 14.8. The largest absolute Gasteiger partial charge is 0.389 e. The Balaban J connectivity index is 0.000000298. The van der Waals surface area contributed by atoms with E-state index in [0.29, 0.717) is 12.1 Å². The first-order valence-electron chi connectivity index (χ1n) is 11.1. The van der Waals surface area contributed by atoms with E-state index in [1.54, 1.807) is 0 Å². The van der Waals surface area contributed by atoms with Gasteiger partial charge in [0, 0.05) is 32.2 Å². The monoisotopic (exact) mass is 453 g/mol. The number of aliphatic hydroxyl groups is 1. The van der Waals surface area contributed by atoms with Gasteiger partial charge in [-0.05, 0) is 49.4 Å². The summed E-state index contributed by atoms with van der Waals surface area (Å²) in [7, 11) is 1.95. The van der Waals surface area contributed by atoms with Gasteiger partial charge in [0.05, 0.1) is 29.6 Å². The van der Waals surface area contributed by atoms with E-state index in [4.69, 9.17) is 4.74 Å². The molecule has 3 heterocycles. The number of piperazine rings is 1. The fraction of sp³-hybridized carbons (Fsp3) is 0.652. The zero-order valence-corrected chi connectivity index (χ0v) is 20.6. The molecule has 1 aromatic heterocycles. The van der Waals surface area contributed by atoms with E-state index in [1.165, 1.54) is 10.6 Å². The molecule has 4 rings (SSSR count). The summed E-state index contributed by atoms with van der Waals surface area (Å²) in [6.07, 6.45) is 8.45. The van der Waals surface area contributed by atoms with Crippen LogP contribution in [-0.2, 0) is 4.74 Å². The van der Waals surface area contributed by atoms with Gasteiger partial charge in [0.2, 0.25) is 0 Å². The Labute approximate surface area is 191 Å². The molecule has 2 aliphatic heterocycles. The van der Waals surface area contributed by atoms with Crippen LogP contribution in [0.3, 0.4) is 0 Å². The predicted molar refractivity (Wildman–Crippen MR) is 130 cm³/mol. The minimum Gasteiger partial charge on any atom is -0.389 e. The molecule has 2 unspecified atom stereocenters. The SMILES string of the molecule is CC(O)C1=CCC(N2CCN(Sc3cccs3)CC2)C=C1.CCC.CNC1COC1. The Morgan fingerprint density at radius 2 is 1.97 bits per heavy atom. The standard InChI is InChI=1S/C16H22N2OS2.C4H9NO.C3H8/c1-13(19)14-4-6-15(7-5-14)17-8-10-18(11-9-17)21-16-3-2-12-20-16;1-5-4-2-6-3-4;1-3-2/h2-6,12-13,15,19H,7-11H2,1H3;4-5H,2-3H2,1H3;3H2,1-2H3. The molecule has 7 heteroatoms. The number of nitrogens with zero attached hydrogens (tertiary/aromatic N) is 2. The Morgan fingerprint density at radius 1 is 1.27 bits per heavy atom. The number of rotatable bonds is 5. The first kappa shape index (κ1) is 25.6. The molecule has 1 aromatic rings. The van der Waals surface area contributed by atoms with Gasteiger partial charge >= 0.3 is 0 Å². The number of aliphatic hydroxyl groups excluding tert-OH is 1. The highest BCUT2D eigenvalue weighted by atomic mass is 32.2. The van der Waals surface area contributed by atoms with Gasteiger partial charge in [0.25, 0.3) is 0 Å². The molecular weight excluding hydrogens is 414 g/mol. The normalized spacial score (nSPS) is 23.4. The number of hydrogen-bond donors (Lipinski definition) is 2. The molecule has 2 saturated heterocycles. The molecule has 5 nitrogen and oxygen atoms in total. The van der Waals surface area contributed by atoms with Gasteiger partial charge < -0.3 is 15.2 Å². The fourth-order valence-electron chi connectivity index (χ4n) is 3.18. The number of likely N-dealkylation sites (N-methyl/N-ethyl adjacent to an activating group) is 1. The van der Waals surface area contributed by atoms with Crippen LogP contribution in [0.4, 0.5) is 0 Å². The lowest BCUT2D eigenvalue weighted by Gasteiger charge is -2.38. The van der Waals surface area contributed by atoms with Crippen LogP contribution >= 0.6 is 23.3 Å². The summed E-state index contributed by atoms with van der Waals surface area (Å²) >= 11 is 3.70. The van der Waals surface area contributed by atoms with Gasteiger partial charge in [-0.1, -0.05) is 44.6 Å². The Kier molecular flexibility index (Phi) is 12.3. The highest BCUT2D eigenvalue weighted by molar-refractivity contribution is 7.98. The van der Waals surface area contributed by atoms with Gasteiger partial charge in [0.15, 0.2) is 0 Å². The molecule has 0 aromatic carbocycles. The van der Waals surface area contributed by atoms with E-state index in [9.17, 15) is 5.11 Å². The van der Waals surface area contributed by atoms with Crippen molar-refractivity contribution in [1.82, 2.24) is 14.5 Å². The van der Waals surface area contributed by atoms with E-state index in [0.717, 1.165) is 51.4 Å². The summed E-state index contributed by atoms with van der Waals surface area (Å²) in [6, 6.07) is 5.45. The second kappa shape index (κ2) is 14.4. The van der Waals surface area contributed by atoms with Crippen LogP contribution in [0.1, 0.15) is 33.6 Å². The molecule has 0 radical (unpaired) electrons. The van der Waals surface area contributed by atoms with E-state index in [1.807, 2.05) is 37.3 Å². The van der Waals surface area contributed by atoms with Crippen LogP contribution in [0.2, 0.25) is 0 Å². The molecule has 0 bridgehead atoms. The molecule has 2 N–H and O–H groups in total. The smallest absolute Gasteiger partial charge is 0.0758 e. The van der Waals surface area contributed by atoms with Crippen LogP contribution in [0.25, 0.3) is 0 Å². The Morgan fingerprint density at radius 3 is 2.37 bits per heavy atom. The zero-order chi connectivity index (χ0) is 21.8. The van der Waals surface area contributed by atoms with Crippen LogP contribution in [0, 0.1) is 0 Å². The van der Waals surface area contributed by atoms with Crippen LogP contribution in [0.15, 0.2) is 45.5 Å². The quantitative estimate of drug-likeness (QED) is 0.657. The van der Waals surface area contributed by atoms with E-state index in [-0.39, 0.29) is 6.10 Å². The lowest BCUT2D eigenvalue weighted by Crippen LogP contribution is -2.47. The molecule has 1 aliphatic carbocycles. The molecule has 0 amide bonds. The number of nitrogens with one attached hydrogen (secondary N) is 1. The summed E-state index contributed by atoms with van der Waals surface area (Å²) in [4.78, 5) is 2.55. The van der Waals surface area contributed by atoms with Crippen LogP contribution in [-0.4, -0.2) is 78.9 Å². The number of ether oxygens (including phenoxy) is 1. The fourth-order valence-corrected chi connectivity index (χ4v) is 5.02. The maximum Gasteiger partial charge on any atom is 0.0758 e. The summed E-state index contributed by atoms with van der Waals surface area (Å²) in [5.41, 5.74) is 1.05. The molecule has 2 atom stereocenters. The van der Waals surface area contributed by atoms with E-state index >= 15 is 0 Å². The molecule has 2 fully saturated rings. The highest BCUT2D eigenvalue weighted by Crippen LogP contribution is 2.28. The minimum absolute atomic E-state index is 0.346. The van der Waals surface area contributed by atoms with Crippen molar-refractivity contribution in [2.75, 3.05) is 46.4 Å². The summed E-state index contributed by atoms with van der Waals surface area (Å²) in [5.74, 6) is 0. The zero-order valence-electron chi connectivity index (χ0n) is 18.9. The minimum atomic E-state index is -0.346. The lowest BCUT2D eigenvalue weighted by molar-refractivity contribution is -0.00169. The van der Waals surface area contributed by atoms with Crippen molar-refractivity contribution in [2.24, 2.45) is 0 Å². The van der Waals surface area contributed by atoms with Crippen molar-refractivity contribution in [3.63, 3.8) is 0 Å². The van der Waals surface area contributed by atoms with Gasteiger partial charge in [-0.3, -0.25) is 4.90 Å². The second-order valence-corrected chi connectivity index (χ2v) is 10.1. The van der Waals surface area contributed by atoms with Crippen LogP contribution in [0.5, 0.6) is 0 Å². The molecular formula is C23H39N3O2S2. The van der Waals surface area contributed by atoms with Gasteiger partial charge in [-0.25, -0.2) is 4.31 Å². The average molecular weight is 454 g/mol. The third-order valence-corrected chi connectivity index (χ3v) is 7.20. The number of hydrogen-bond acceptors (Lipinski definition) is 7. The topological polar surface area (TPSA) is 48.0 Å². The van der Waals surface area contributed by atoms with Crippen LogP contribution < -0.4 is 5.32 Å². The Bertz CT molecular complexity index is 620. The summed E-state index contributed by atoms with van der Waals surface area (Å²) < 4.78 is 8.71. The van der Waals surface area contributed by atoms with Crippen molar-refractivity contribution in [3.8, 4) is 0 Å². The Hall–Kier alpha value is -0.670. The maximum absolute atomic E-state index is 9.59. The second-order valence-electron chi connectivity index (χ2n) is 7.76.